The van der Waals surface area contributed by atoms with Crippen molar-refractivity contribution in [2.24, 2.45) is 0 Å². The van der Waals surface area contributed by atoms with Gasteiger partial charge in [0.05, 0.1) is 12.1 Å². The van der Waals surface area contributed by atoms with Gasteiger partial charge >= 0.3 is 5.97 Å². The van der Waals surface area contributed by atoms with Crippen molar-refractivity contribution in [3.63, 3.8) is 0 Å². The number of anilines is 1. The van der Waals surface area contributed by atoms with Crippen molar-refractivity contribution < 1.29 is 14.7 Å². The van der Waals surface area contributed by atoms with Gasteiger partial charge in [-0.1, -0.05) is 0 Å². The van der Waals surface area contributed by atoms with Crippen LogP contribution in [0, 0.1) is 0 Å². The molecule has 15 heavy (non-hydrogen) atoms. The maximum absolute atomic E-state index is 11.4. The number of carboxylic acids is 1. The first-order chi connectivity index (χ1) is 6.99. The smallest absolute Gasteiger partial charge is 0.323 e. The third-order valence-electron chi connectivity index (χ3n) is 1.70. The molecule has 0 aromatic carbocycles. The highest BCUT2D eigenvalue weighted by Crippen LogP contribution is 2.11. The molecule has 3 N–H and O–H groups in total. The van der Waals surface area contributed by atoms with Gasteiger partial charge in [0.2, 0.25) is 5.91 Å². The lowest BCUT2D eigenvalue weighted by Crippen LogP contribution is -2.33. The fourth-order valence-electron chi connectivity index (χ4n) is 0.985. The number of carboxylic acid groups (broad SMARTS) is 1. The van der Waals surface area contributed by atoms with E-state index in [0.717, 1.165) is 4.90 Å². The van der Waals surface area contributed by atoms with Gasteiger partial charge < -0.3 is 15.7 Å². The van der Waals surface area contributed by atoms with E-state index < -0.39 is 5.97 Å². The van der Waals surface area contributed by atoms with Gasteiger partial charge in [-0.25, -0.2) is 4.98 Å². The Kier molecular flexibility index (Phi) is 3.62. The number of aromatic nitrogens is 1. The molecule has 7 heteroatoms. The Bertz CT molecular complexity index is 377. The van der Waals surface area contributed by atoms with E-state index in [0.29, 0.717) is 10.8 Å². The van der Waals surface area contributed by atoms with Crippen LogP contribution >= 0.6 is 11.3 Å². The topological polar surface area (TPSA) is 96.5 Å². The van der Waals surface area contributed by atoms with Crippen LogP contribution in [0.3, 0.4) is 0 Å². The number of amides is 1. The number of nitrogens with zero attached hydrogens (tertiary/aromatic N) is 2. The lowest BCUT2D eigenvalue weighted by molar-refractivity contribution is -0.143. The molecule has 0 spiro atoms. The summed E-state index contributed by atoms with van der Waals surface area (Å²) in [6.45, 7) is -0.307. The summed E-state index contributed by atoms with van der Waals surface area (Å²) in [5.74, 6) is -1.33. The van der Waals surface area contributed by atoms with Gasteiger partial charge in [0.25, 0.3) is 0 Å². The summed E-state index contributed by atoms with van der Waals surface area (Å²) in [5, 5.41) is 10.6. The molecule has 0 aliphatic rings. The fraction of sp³-hybridized carbons (Fsp3) is 0.375. The van der Waals surface area contributed by atoms with E-state index in [1.54, 1.807) is 5.38 Å². The van der Waals surface area contributed by atoms with Crippen LogP contribution in [0.5, 0.6) is 0 Å². The Balaban J connectivity index is 2.52. The highest BCUT2D eigenvalue weighted by molar-refractivity contribution is 7.13. The number of likely N-dealkylation sites (N-methyl/N-ethyl adjacent to an activating group) is 1. The third-order valence-corrected chi connectivity index (χ3v) is 2.42. The van der Waals surface area contributed by atoms with E-state index in [2.05, 4.69) is 4.98 Å². The van der Waals surface area contributed by atoms with Gasteiger partial charge in [-0.15, -0.1) is 11.3 Å². The molecule has 6 nitrogen and oxygen atoms in total. The predicted molar refractivity (Wildman–Crippen MR) is 55.5 cm³/mol. The van der Waals surface area contributed by atoms with Gasteiger partial charge in [0, 0.05) is 12.4 Å². The summed E-state index contributed by atoms with van der Waals surface area (Å²) in [4.78, 5) is 26.8. The Morgan fingerprint density at radius 2 is 2.33 bits per heavy atom. The van der Waals surface area contributed by atoms with Gasteiger partial charge in [0.15, 0.2) is 5.13 Å². The summed E-state index contributed by atoms with van der Waals surface area (Å²) in [5.41, 5.74) is 5.97. The zero-order chi connectivity index (χ0) is 11.4. The predicted octanol–water partition coefficient (Wildman–Crippen LogP) is -0.189. The second-order valence-corrected chi connectivity index (χ2v) is 3.89. The van der Waals surface area contributed by atoms with Crippen molar-refractivity contribution in [3.05, 3.63) is 11.1 Å². The second-order valence-electron chi connectivity index (χ2n) is 3.00. The average Bonchev–Trinajstić information content (AvgIpc) is 2.50. The molecule has 0 saturated heterocycles. The summed E-state index contributed by atoms with van der Waals surface area (Å²) < 4.78 is 0. The minimum absolute atomic E-state index is 0.0808. The van der Waals surface area contributed by atoms with Crippen LogP contribution in [0.25, 0.3) is 0 Å². The van der Waals surface area contributed by atoms with E-state index >= 15 is 0 Å². The Morgan fingerprint density at radius 1 is 1.67 bits per heavy atom. The molecule has 0 saturated carbocycles. The van der Waals surface area contributed by atoms with Crippen LogP contribution < -0.4 is 5.73 Å². The lowest BCUT2D eigenvalue weighted by atomic mass is 10.3. The highest BCUT2D eigenvalue weighted by atomic mass is 32.1. The number of hydrogen-bond acceptors (Lipinski definition) is 5. The minimum Gasteiger partial charge on any atom is -0.480 e. The molecule has 0 unspecified atom stereocenters. The molecule has 1 amide bonds. The number of rotatable bonds is 4. The summed E-state index contributed by atoms with van der Waals surface area (Å²) >= 11 is 1.25. The number of carbonyl (C=O) groups is 2. The number of nitrogens with two attached hydrogens (primary N) is 1. The third kappa shape index (κ3) is 3.55. The van der Waals surface area contributed by atoms with E-state index in [1.807, 2.05) is 0 Å². The Morgan fingerprint density at radius 3 is 2.80 bits per heavy atom. The number of hydrogen-bond donors (Lipinski definition) is 2. The zero-order valence-corrected chi connectivity index (χ0v) is 8.95. The molecule has 1 aromatic rings. The number of thiazole rings is 1. The molecular formula is C8H11N3O3S. The van der Waals surface area contributed by atoms with Crippen LogP contribution in [-0.4, -0.2) is 40.5 Å². The number of aliphatic carboxylic acids is 1. The molecule has 0 aliphatic carbocycles. The molecule has 0 atom stereocenters. The molecular weight excluding hydrogens is 218 g/mol. The van der Waals surface area contributed by atoms with Crippen molar-refractivity contribution in [2.45, 2.75) is 6.42 Å². The van der Waals surface area contributed by atoms with Crippen LogP contribution in [0.1, 0.15) is 5.69 Å². The summed E-state index contributed by atoms with van der Waals surface area (Å²) in [6, 6.07) is 0. The van der Waals surface area contributed by atoms with E-state index in [9.17, 15) is 9.59 Å². The van der Waals surface area contributed by atoms with Gasteiger partial charge in [-0.05, 0) is 0 Å². The fourth-order valence-corrected chi connectivity index (χ4v) is 1.55. The Labute approximate surface area is 90.3 Å². The average molecular weight is 229 g/mol. The standard InChI is InChI=1S/C8H11N3O3S/c1-11(3-7(13)14)6(12)2-5-4-15-8(9)10-5/h4H,2-3H2,1H3,(H2,9,10)(H,13,14). The lowest BCUT2D eigenvalue weighted by Gasteiger charge is -2.13. The maximum Gasteiger partial charge on any atom is 0.323 e. The van der Waals surface area contributed by atoms with Crippen molar-refractivity contribution in [1.29, 1.82) is 0 Å². The largest absolute Gasteiger partial charge is 0.480 e. The zero-order valence-electron chi connectivity index (χ0n) is 8.14. The summed E-state index contributed by atoms with van der Waals surface area (Å²) in [6.07, 6.45) is 0.0808. The van der Waals surface area contributed by atoms with E-state index in [-0.39, 0.29) is 18.9 Å². The normalized spacial score (nSPS) is 9.93. The van der Waals surface area contributed by atoms with Crippen LogP contribution in [0.4, 0.5) is 5.13 Å². The first-order valence-electron chi connectivity index (χ1n) is 4.14. The molecule has 0 fully saturated rings. The first kappa shape index (κ1) is 11.4. The molecule has 0 bridgehead atoms. The van der Waals surface area contributed by atoms with E-state index in [1.165, 1.54) is 18.4 Å². The minimum atomic E-state index is -1.04. The van der Waals surface area contributed by atoms with Gasteiger partial charge in [-0.3, -0.25) is 9.59 Å². The summed E-state index contributed by atoms with van der Waals surface area (Å²) in [7, 11) is 1.44. The number of nitrogen functional groups attached to an aromatic ring is 1. The van der Waals surface area contributed by atoms with E-state index in [4.69, 9.17) is 10.8 Å². The van der Waals surface area contributed by atoms with Crippen molar-refractivity contribution in [2.75, 3.05) is 19.3 Å². The molecule has 1 aromatic heterocycles. The van der Waals surface area contributed by atoms with Crippen LogP contribution in [-0.2, 0) is 16.0 Å². The molecule has 0 aliphatic heterocycles. The molecule has 1 rings (SSSR count). The molecule has 0 radical (unpaired) electrons. The van der Waals surface area contributed by atoms with Crippen LogP contribution in [0.2, 0.25) is 0 Å². The van der Waals surface area contributed by atoms with Crippen molar-refractivity contribution in [1.82, 2.24) is 9.88 Å². The number of carbonyl (C=O) groups excluding carboxylic acids is 1. The SMILES string of the molecule is CN(CC(=O)O)C(=O)Cc1csc(N)n1. The second kappa shape index (κ2) is 4.74. The quantitative estimate of drug-likeness (QED) is 0.746. The molecule has 1 heterocycles. The Hall–Kier alpha value is -1.63. The monoisotopic (exact) mass is 229 g/mol. The molecule has 82 valence electrons. The van der Waals surface area contributed by atoms with Gasteiger partial charge in [0.1, 0.15) is 6.54 Å². The van der Waals surface area contributed by atoms with Crippen molar-refractivity contribution in [3.8, 4) is 0 Å². The van der Waals surface area contributed by atoms with Gasteiger partial charge in [-0.2, -0.15) is 0 Å². The van der Waals surface area contributed by atoms with Crippen molar-refractivity contribution >= 4 is 28.3 Å². The highest BCUT2D eigenvalue weighted by Gasteiger charge is 2.13. The maximum atomic E-state index is 11.4. The first-order valence-corrected chi connectivity index (χ1v) is 5.02. The van der Waals surface area contributed by atoms with Crippen LogP contribution in [0.15, 0.2) is 5.38 Å².